The van der Waals surface area contributed by atoms with E-state index in [-0.39, 0.29) is 18.7 Å². The zero-order valence-electron chi connectivity index (χ0n) is 12.2. The van der Waals surface area contributed by atoms with Crippen LogP contribution in [0, 0.1) is 0 Å². The first-order chi connectivity index (χ1) is 9.61. The number of carbonyl (C=O) groups is 2. The van der Waals surface area contributed by atoms with Crippen molar-refractivity contribution in [2.45, 2.75) is 32.0 Å². The lowest BCUT2D eigenvalue weighted by Crippen LogP contribution is -2.59. The van der Waals surface area contributed by atoms with E-state index in [4.69, 9.17) is 9.84 Å². The number of hydrogen-bond acceptors (Lipinski definition) is 3. The predicted octanol–water partition coefficient (Wildman–Crippen LogP) is 2.80. The van der Waals surface area contributed by atoms with Gasteiger partial charge < -0.3 is 14.7 Å². The largest absolute Gasteiger partial charge is 0.478 e. The standard InChI is InChI=1S/C15H18FNO4/c1-14(2,3)21-13(20)17-8-15(16,9-17)11-6-4-10(5-7-11)12(18)19/h4-7H,8-9H2,1-3H3,(H,18,19). The molecule has 1 saturated heterocycles. The quantitative estimate of drug-likeness (QED) is 0.911. The molecule has 1 aromatic rings. The number of amides is 1. The van der Waals surface area contributed by atoms with Crippen molar-refractivity contribution in [1.82, 2.24) is 4.90 Å². The lowest BCUT2D eigenvalue weighted by molar-refractivity contribution is -0.0537. The van der Waals surface area contributed by atoms with Crippen molar-refractivity contribution in [3.63, 3.8) is 0 Å². The first-order valence-corrected chi connectivity index (χ1v) is 6.61. The Hall–Kier alpha value is -2.11. The highest BCUT2D eigenvalue weighted by molar-refractivity contribution is 5.87. The SMILES string of the molecule is CC(C)(C)OC(=O)N1CC(F)(c2ccc(C(=O)O)cc2)C1. The Morgan fingerprint density at radius 3 is 2.19 bits per heavy atom. The van der Waals surface area contributed by atoms with Gasteiger partial charge in [0.2, 0.25) is 0 Å². The van der Waals surface area contributed by atoms with Crippen LogP contribution >= 0.6 is 0 Å². The van der Waals surface area contributed by atoms with E-state index in [1.54, 1.807) is 20.8 Å². The molecule has 0 atom stereocenters. The molecule has 1 fully saturated rings. The van der Waals surface area contributed by atoms with E-state index in [1.165, 1.54) is 29.2 Å². The molecule has 1 aromatic carbocycles. The Kier molecular flexibility index (Phi) is 3.65. The van der Waals surface area contributed by atoms with Crippen LogP contribution in [-0.4, -0.2) is 40.8 Å². The minimum Gasteiger partial charge on any atom is -0.478 e. The number of alkyl halides is 1. The van der Waals surface area contributed by atoms with Gasteiger partial charge >= 0.3 is 12.1 Å². The van der Waals surface area contributed by atoms with Gasteiger partial charge in [-0.05, 0) is 38.5 Å². The summed E-state index contributed by atoms with van der Waals surface area (Å²) < 4.78 is 19.8. The van der Waals surface area contributed by atoms with Crippen molar-refractivity contribution in [1.29, 1.82) is 0 Å². The maximum Gasteiger partial charge on any atom is 0.410 e. The molecule has 0 bridgehead atoms. The lowest BCUT2D eigenvalue weighted by atomic mass is 9.88. The second kappa shape index (κ2) is 5.02. The van der Waals surface area contributed by atoms with Crippen molar-refractivity contribution in [3.05, 3.63) is 35.4 Å². The van der Waals surface area contributed by atoms with Gasteiger partial charge in [-0.3, -0.25) is 0 Å². The molecular formula is C15H18FNO4. The van der Waals surface area contributed by atoms with Crippen molar-refractivity contribution in [2.24, 2.45) is 0 Å². The van der Waals surface area contributed by atoms with Crippen LogP contribution < -0.4 is 0 Å². The van der Waals surface area contributed by atoms with Gasteiger partial charge in [-0.1, -0.05) is 12.1 Å². The summed E-state index contributed by atoms with van der Waals surface area (Å²) in [5.41, 5.74) is -1.79. The molecule has 2 rings (SSSR count). The van der Waals surface area contributed by atoms with E-state index in [0.29, 0.717) is 5.56 Å². The topological polar surface area (TPSA) is 66.8 Å². The summed E-state index contributed by atoms with van der Waals surface area (Å²) in [7, 11) is 0. The Balaban J connectivity index is 2.01. The number of carbonyl (C=O) groups excluding carboxylic acids is 1. The molecule has 21 heavy (non-hydrogen) atoms. The first-order valence-electron chi connectivity index (χ1n) is 6.61. The maximum absolute atomic E-state index is 14.6. The molecule has 1 aliphatic heterocycles. The third-order valence-electron chi connectivity index (χ3n) is 3.18. The van der Waals surface area contributed by atoms with Crippen LogP contribution in [0.1, 0.15) is 36.7 Å². The van der Waals surface area contributed by atoms with Gasteiger partial charge in [-0.25, -0.2) is 14.0 Å². The number of rotatable bonds is 2. The van der Waals surface area contributed by atoms with E-state index in [2.05, 4.69) is 0 Å². The zero-order chi connectivity index (χ0) is 15.8. The number of likely N-dealkylation sites (tertiary alicyclic amines) is 1. The van der Waals surface area contributed by atoms with Crippen LogP contribution in [0.2, 0.25) is 0 Å². The van der Waals surface area contributed by atoms with Crippen LogP contribution in [-0.2, 0) is 10.4 Å². The summed E-state index contributed by atoms with van der Waals surface area (Å²) in [6, 6.07) is 5.59. The summed E-state index contributed by atoms with van der Waals surface area (Å²) in [5.74, 6) is -1.06. The first kappa shape index (κ1) is 15.3. The van der Waals surface area contributed by atoms with E-state index < -0.39 is 23.3 Å². The fourth-order valence-corrected chi connectivity index (χ4v) is 2.11. The number of benzene rings is 1. The van der Waals surface area contributed by atoms with Crippen molar-refractivity contribution in [2.75, 3.05) is 13.1 Å². The second-order valence-electron chi connectivity index (χ2n) is 6.18. The predicted molar refractivity (Wildman–Crippen MR) is 74.0 cm³/mol. The Labute approximate surface area is 122 Å². The van der Waals surface area contributed by atoms with Gasteiger partial charge in [0.25, 0.3) is 0 Å². The molecular weight excluding hydrogens is 277 g/mol. The van der Waals surface area contributed by atoms with Gasteiger partial charge in [-0.2, -0.15) is 0 Å². The molecule has 6 heteroatoms. The molecule has 0 saturated carbocycles. The molecule has 0 aliphatic carbocycles. The minimum absolute atomic E-state index is 0.0890. The average Bonchev–Trinajstić information content (AvgIpc) is 2.33. The highest BCUT2D eigenvalue weighted by atomic mass is 19.1. The summed E-state index contributed by atoms with van der Waals surface area (Å²) in [6.45, 7) is 5.07. The molecule has 1 amide bonds. The zero-order valence-corrected chi connectivity index (χ0v) is 12.2. The molecule has 5 nitrogen and oxygen atoms in total. The fraction of sp³-hybridized carbons (Fsp3) is 0.467. The second-order valence-corrected chi connectivity index (χ2v) is 6.18. The average molecular weight is 295 g/mol. The van der Waals surface area contributed by atoms with Gasteiger partial charge in [0.05, 0.1) is 18.7 Å². The van der Waals surface area contributed by atoms with Gasteiger partial charge in [0.1, 0.15) is 5.60 Å². The van der Waals surface area contributed by atoms with Crippen LogP contribution in [0.25, 0.3) is 0 Å². The van der Waals surface area contributed by atoms with Gasteiger partial charge in [0, 0.05) is 0 Å². The van der Waals surface area contributed by atoms with E-state index >= 15 is 0 Å². The molecule has 1 aliphatic rings. The lowest BCUT2D eigenvalue weighted by Gasteiger charge is -2.44. The third-order valence-corrected chi connectivity index (χ3v) is 3.18. The third kappa shape index (κ3) is 3.32. The molecule has 1 N–H and O–H groups in total. The Morgan fingerprint density at radius 2 is 1.76 bits per heavy atom. The monoisotopic (exact) mass is 295 g/mol. The fourth-order valence-electron chi connectivity index (χ4n) is 2.11. The molecule has 0 spiro atoms. The van der Waals surface area contributed by atoms with Crippen molar-refractivity contribution >= 4 is 12.1 Å². The van der Waals surface area contributed by atoms with E-state index in [9.17, 15) is 14.0 Å². The van der Waals surface area contributed by atoms with Crippen LogP contribution in [0.15, 0.2) is 24.3 Å². The molecule has 0 aromatic heterocycles. The summed E-state index contributed by atoms with van der Waals surface area (Å²) >= 11 is 0. The molecule has 114 valence electrons. The van der Waals surface area contributed by atoms with Crippen molar-refractivity contribution < 1.29 is 23.8 Å². The van der Waals surface area contributed by atoms with Crippen molar-refractivity contribution in [3.8, 4) is 0 Å². The Morgan fingerprint density at radius 1 is 1.24 bits per heavy atom. The van der Waals surface area contributed by atoms with Gasteiger partial charge in [-0.15, -0.1) is 0 Å². The summed E-state index contributed by atoms with van der Waals surface area (Å²) in [5, 5.41) is 8.81. The number of carboxylic acids is 1. The Bertz CT molecular complexity index is 556. The smallest absolute Gasteiger partial charge is 0.410 e. The van der Waals surface area contributed by atoms with Crippen LogP contribution in [0.5, 0.6) is 0 Å². The highest BCUT2D eigenvalue weighted by Crippen LogP contribution is 2.36. The number of nitrogens with zero attached hydrogens (tertiary/aromatic N) is 1. The molecule has 0 unspecified atom stereocenters. The van der Waals surface area contributed by atoms with Crippen LogP contribution in [0.3, 0.4) is 0 Å². The number of ether oxygens (including phenoxy) is 1. The summed E-state index contributed by atoms with van der Waals surface area (Å²) in [4.78, 5) is 23.8. The number of carboxylic acid groups (broad SMARTS) is 1. The molecule has 1 heterocycles. The maximum atomic E-state index is 14.6. The normalized spacial score (nSPS) is 17.0. The number of hydrogen-bond donors (Lipinski definition) is 1. The van der Waals surface area contributed by atoms with Crippen LogP contribution in [0.4, 0.5) is 9.18 Å². The molecule has 0 radical (unpaired) electrons. The van der Waals surface area contributed by atoms with E-state index in [0.717, 1.165) is 0 Å². The summed E-state index contributed by atoms with van der Waals surface area (Å²) in [6.07, 6.45) is -0.544. The van der Waals surface area contributed by atoms with Gasteiger partial charge in [0.15, 0.2) is 5.67 Å². The number of halogens is 1. The highest BCUT2D eigenvalue weighted by Gasteiger charge is 2.48. The van der Waals surface area contributed by atoms with E-state index in [1.807, 2.05) is 0 Å². The number of aromatic carboxylic acids is 1. The minimum atomic E-state index is -1.64.